The first kappa shape index (κ1) is 18.1. The van der Waals surface area contributed by atoms with Crippen LogP contribution >= 0.6 is 11.8 Å². The lowest BCUT2D eigenvalue weighted by Gasteiger charge is -2.28. The van der Waals surface area contributed by atoms with Gasteiger partial charge in [-0.2, -0.15) is 0 Å². The molecule has 0 N–H and O–H groups in total. The average molecular weight is 383 g/mol. The van der Waals surface area contributed by atoms with Gasteiger partial charge in [0.1, 0.15) is 5.75 Å². The number of benzene rings is 1. The molecule has 2 aliphatic heterocycles. The number of carbonyl (C=O) groups is 1. The smallest absolute Gasteiger partial charge is 0.232 e. The highest BCUT2D eigenvalue weighted by molar-refractivity contribution is 8.14. The molecule has 0 radical (unpaired) electrons. The molecule has 0 bridgehead atoms. The number of ether oxygens (including phenoxy) is 1. The summed E-state index contributed by atoms with van der Waals surface area (Å²) in [5.74, 6) is 1.00. The van der Waals surface area contributed by atoms with Crippen molar-refractivity contribution in [3.63, 3.8) is 0 Å². The quantitative estimate of drug-likeness (QED) is 0.767. The Kier molecular flexibility index (Phi) is 4.97. The molecule has 1 aromatic carbocycles. The lowest BCUT2D eigenvalue weighted by Crippen LogP contribution is -2.39. The summed E-state index contributed by atoms with van der Waals surface area (Å²) in [7, 11) is 1.89. The number of hydrogen-bond donors (Lipinski definition) is 0. The van der Waals surface area contributed by atoms with E-state index in [0.29, 0.717) is 10.9 Å². The number of rotatable bonds is 4. The molecule has 136 valence electrons. The molecule has 0 aliphatic carbocycles. The van der Waals surface area contributed by atoms with Crippen LogP contribution in [0.5, 0.6) is 5.75 Å². The maximum Gasteiger partial charge on any atom is 0.232 e. The number of thioether (sulfide) groups is 1. The van der Waals surface area contributed by atoms with Gasteiger partial charge in [0.2, 0.25) is 5.91 Å². The van der Waals surface area contributed by atoms with E-state index in [2.05, 4.69) is 4.99 Å². The first-order valence-corrected chi connectivity index (χ1v) is 10.7. The fraction of sp³-hybridized carbons (Fsp3) is 0.500. The number of sulfone groups is 1. The second-order valence-corrected chi connectivity index (χ2v) is 9.34. The van der Waals surface area contributed by atoms with Crippen LogP contribution in [-0.4, -0.2) is 74.9 Å². The molecule has 1 saturated heterocycles. The van der Waals surface area contributed by atoms with E-state index in [1.165, 1.54) is 16.7 Å². The third-order valence-electron chi connectivity index (χ3n) is 4.28. The fourth-order valence-electron chi connectivity index (χ4n) is 3.00. The molecule has 1 fully saturated rings. The highest BCUT2D eigenvalue weighted by Gasteiger charge is 2.47. The van der Waals surface area contributed by atoms with Crippen LogP contribution < -0.4 is 9.64 Å². The molecule has 1 aromatic rings. The minimum absolute atomic E-state index is 0.0163. The zero-order chi connectivity index (χ0) is 18.2. The van der Waals surface area contributed by atoms with Crippen LogP contribution in [0.25, 0.3) is 0 Å². The fourth-order valence-corrected chi connectivity index (χ4v) is 5.94. The monoisotopic (exact) mass is 383 g/mol. The van der Waals surface area contributed by atoms with Crippen LogP contribution in [0.2, 0.25) is 0 Å². The van der Waals surface area contributed by atoms with E-state index in [-0.39, 0.29) is 35.2 Å². The van der Waals surface area contributed by atoms with Gasteiger partial charge in [0.15, 0.2) is 15.0 Å². The largest absolute Gasteiger partial charge is 0.495 e. The second-order valence-electron chi connectivity index (χ2n) is 6.24. The topological polar surface area (TPSA) is 79.3 Å². The van der Waals surface area contributed by atoms with Crippen molar-refractivity contribution < 1.29 is 17.9 Å². The Hall–Kier alpha value is -1.74. The molecule has 0 saturated carbocycles. The van der Waals surface area contributed by atoms with Crippen molar-refractivity contribution in [1.29, 1.82) is 0 Å². The summed E-state index contributed by atoms with van der Waals surface area (Å²) in [5, 5.41) is 0.671. The van der Waals surface area contributed by atoms with Crippen LogP contribution in [0, 0.1) is 0 Å². The minimum atomic E-state index is -3.11. The van der Waals surface area contributed by atoms with Crippen molar-refractivity contribution in [1.82, 2.24) is 4.90 Å². The molecule has 3 rings (SSSR count). The number of anilines is 1. The molecule has 0 unspecified atom stereocenters. The summed E-state index contributed by atoms with van der Waals surface area (Å²) in [5.41, 5.74) is 0.776. The third-order valence-corrected chi connectivity index (χ3v) is 6.93. The number of hydrogen-bond acceptors (Lipinski definition) is 7. The number of fused-ring (bicyclic) bond motifs is 1. The molecular formula is C16H21N3O4S2. The molecule has 7 nitrogen and oxygen atoms in total. The number of amidine groups is 1. The van der Waals surface area contributed by atoms with E-state index >= 15 is 0 Å². The van der Waals surface area contributed by atoms with Crippen molar-refractivity contribution in [2.24, 2.45) is 4.99 Å². The average Bonchev–Trinajstić information content (AvgIpc) is 3.03. The van der Waals surface area contributed by atoms with Crippen molar-refractivity contribution in [2.45, 2.75) is 12.1 Å². The van der Waals surface area contributed by atoms with Crippen LogP contribution in [-0.2, 0) is 14.6 Å². The van der Waals surface area contributed by atoms with Crippen LogP contribution in [0.15, 0.2) is 29.3 Å². The Bertz CT molecular complexity index is 807. The third kappa shape index (κ3) is 3.62. The molecule has 1 amide bonds. The van der Waals surface area contributed by atoms with Gasteiger partial charge in [-0.1, -0.05) is 23.9 Å². The predicted octanol–water partition coefficient (Wildman–Crippen LogP) is 0.858. The Morgan fingerprint density at radius 2 is 2.08 bits per heavy atom. The summed E-state index contributed by atoms with van der Waals surface area (Å²) in [4.78, 5) is 20.0. The number of nitrogens with zero attached hydrogens (tertiary/aromatic N) is 3. The Balaban J connectivity index is 1.93. The minimum Gasteiger partial charge on any atom is -0.495 e. The molecule has 9 heteroatoms. The zero-order valence-electron chi connectivity index (χ0n) is 14.4. The molecular weight excluding hydrogens is 362 g/mol. The molecule has 2 heterocycles. The highest BCUT2D eigenvalue weighted by atomic mass is 32.2. The SMILES string of the molecule is COc1ccccc1N1C(SCC(=O)N(C)C)=N[C@@H]2CS(=O)(=O)C[C@H]21. The number of para-hydroxylation sites is 2. The van der Waals surface area contributed by atoms with E-state index in [1.54, 1.807) is 21.2 Å². The summed E-state index contributed by atoms with van der Waals surface area (Å²) < 4.78 is 29.5. The lowest BCUT2D eigenvalue weighted by atomic mass is 10.1. The number of amides is 1. The van der Waals surface area contributed by atoms with Crippen LogP contribution in [0.3, 0.4) is 0 Å². The highest BCUT2D eigenvalue weighted by Crippen LogP contribution is 2.39. The van der Waals surface area contributed by atoms with Crippen LogP contribution in [0.1, 0.15) is 0 Å². The molecule has 0 aromatic heterocycles. The Morgan fingerprint density at radius 1 is 1.36 bits per heavy atom. The Morgan fingerprint density at radius 3 is 2.76 bits per heavy atom. The normalized spacial score (nSPS) is 24.0. The first-order valence-electron chi connectivity index (χ1n) is 7.86. The van der Waals surface area contributed by atoms with Crippen molar-refractivity contribution in [3.05, 3.63) is 24.3 Å². The molecule has 25 heavy (non-hydrogen) atoms. The van der Waals surface area contributed by atoms with Crippen molar-refractivity contribution in [2.75, 3.05) is 43.4 Å². The van der Waals surface area contributed by atoms with Gasteiger partial charge >= 0.3 is 0 Å². The van der Waals surface area contributed by atoms with Crippen molar-refractivity contribution >= 4 is 38.4 Å². The predicted molar refractivity (Wildman–Crippen MR) is 100 cm³/mol. The van der Waals surface area contributed by atoms with E-state index < -0.39 is 9.84 Å². The maximum atomic E-state index is 12.0. The standard InChI is InChI=1S/C16H21N3O4S2/c1-18(2)15(20)8-24-16-17-11-9-25(21,22)10-13(11)19(16)12-6-4-5-7-14(12)23-3/h4-7,11,13H,8-10H2,1-3H3/t11-,13-/m1/s1. The summed E-state index contributed by atoms with van der Waals surface area (Å²) in [6.45, 7) is 0. The van der Waals surface area contributed by atoms with Gasteiger partial charge in [0.25, 0.3) is 0 Å². The Labute approximate surface area is 152 Å². The molecule has 2 atom stereocenters. The van der Waals surface area contributed by atoms with E-state index in [4.69, 9.17) is 4.74 Å². The summed E-state index contributed by atoms with van der Waals surface area (Å²) in [6.07, 6.45) is 0. The first-order chi connectivity index (χ1) is 11.8. The van der Waals surface area contributed by atoms with Gasteiger partial charge in [-0.05, 0) is 12.1 Å². The number of aliphatic imine (C=N–C) groups is 1. The van der Waals surface area contributed by atoms with Crippen LogP contribution in [0.4, 0.5) is 5.69 Å². The van der Waals surface area contributed by atoms with Gasteiger partial charge in [0.05, 0.1) is 42.1 Å². The van der Waals surface area contributed by atoms with Gasteiger partial charge in [-0.15, -0.1) is 0 Å². The van der Waals surface area contributed by atoms with E-state index in [0.717, 1.165) is 5.69 Å². The van der Waals surface area contributed by atoms with Gasteiger partial charge < -0.3 is 14.5 Å². The van der Waals surface area contributed by atoms with E-state index in [1.807, 2.05) is 29.2 Å². The van der Waals surface area contributed by atoms with E-state index in [9.17, 15) is 13.2 Å². The summed E-state index contributed by atoms with van der Waals surface area (Å²) >= 11 is 1.33. The maximum absolute atomic E-state index is 12.0. The van der Waals surface area contributed by atoms with Gasteiger partial charge in [0, 0.05) is 14.1 Å². The van der Waals surface area contributed by atoms with Crippen molar-refractivity contribution in [3.8, 4) is 5.75 Å². The number of methoxy groups -OCH3 is 1. The summed E-state index contributed by atoms with van der Waals surface area (Å²) in [6, 6.07) is 6.91. The van der Waals surface area contributed by atoms with Gasteiger partial charge in [-0.25, -0.2) is 8.42 Å². The number of carbonyl (C=O) groups excluding carboxylic acids is 1. The second kappa shape index (κ2) is 6.87. The molecule has 2 aliphatic rings. The van der Waals surface area contributed by atoms with Gasteiger partial charge in [-0.3, -0.25) is 9.79 Å². The lowest BCUT2D eigenvalue weighted by molar-refractivity contribution is -0.125. The zero-order valence-corrected chi connectivity index (χ0v) is 16.0. The molecule has 0 spiro atoms.